The van der Waals surface area contributed by atoms with Crippen LogP contribution in [0.3, 0.4) is 0 Å². The Balaban J connectivity index is 2.12. The number of hydrogen-bond donors (Lipinski definition) is 1. The Morgan fingerprint density at radius 1 is 1.16 bits per heavy atom. The van der Waals surface area contributed by atoms with E-state index < -0.39 is 0 Å². The van der Waals surface area contributed by atoms with E-state index in [1.165, 1.54) is 4.68 Å². The Morgan fingerprint density at radius 3 is 2.48 bits per heavy atom. The molecular formula is C18H21N5O2. The third kappa shape index (κ3) is 3.17. The molecule has 0 bridgehead atoms. The minimum atomic E-state index is -0.364. The third-order valence-electron chi connectivity index (χ3n) is 3.93. The number of nitrogens with zero attached hydrogens (tertiary/aromatic N) is 4. The maximum Gasteiger partial charge on any atom is 0.295 e. The second-order valence-corrected chi connectivity index (χ2v) is 6.33. The lowest BCUT2D eigenvalue weighted by molar-refractivity contribution is -0.122. The van der Waals surface area contributed by atoms with Crippen LogP contribution < -0.4 is 10.9 Å². The van der Waals surface area contributed by atoms with Gasteiger partial charge in [-0.1, -0.05) is 18.2 Å². The van der Waals surface area contributed by atoms with Gasteiger partial charge in [-0.05, 0) is 39.8 Å². The molecule has 0 atom stereocenters. The SMILES string of the molecule is Cc1nn(CC(=O)NC(C)C)c(=O)c2nn(-c3ccccc3)c(C)c12. The van der Waals surface area contributed by atoms with Gasteiger partial charge in [0.15, 0.2) is 5.52 Å². The second-order valence-electron chi connectivity index (χ2n) is 6.33. The van der Waals surface area contributed by atoms with Gasteiger partial charge in [0.1, 0.15) is 6.54 Å². The molecule has 0 aliphatic rings. The van der Waals surface area contributed by atoms with Gasteiger partial charge in [0, 0.05) is 6.04 Å². The van der Waals surface area contributed by atoms with Crippen molar-refractivity contribution in [3.63, 3.8) is 0 Å². The zero-order valence-electron chi connectivity index (χ0n) is 14.8. The maximum absolute atomic E-state index is 12.7. The summed E-state index contributed by atoms with van der Waals surface area (Å²) >= 11 is 0. The molecule has 0 aliphatic carbocycles. The molecule has 0 radical (unpaired) electrons. The molecule has 0 aliphatic heterocycles. The van der Waals surface area contributed by atoms with Crippen molar-refractivity contribution in [2.75, 3.05) is 0 Å². The monoisotopic (exact) mass is 339 g/mol. The number of carbonyl (C=O) groups excluding carboxylic acids is 1. The van der Waals surface area contributed by atoms with E-state index in [0.717, 1.165) is 16.8 Å². The van der Waals surface area contributed by atoms with Gasteiger partial charge in [0.2, 0.25) is 5.91 Å². The number of benzene rings is 1. The van der Waals surface area contributed by atoms with Crippen molar-refractivity contribution in [2.24, 2.45) is 0 Å². The number of carbonyl (C=O) groups is 1. The fourth-order valence-electron chi connectivity index (χ4n) is 2.92. The van der Waals surface area contributed by atoms with E-state index in [9.17, 15) is 9.59 Å². The molecule has 2 heterocycles. The summed E-state index contributed by atoms with van der Waals surface area (Å²) in [5, 5.41) is 12.3. The molecule has 7 nitrogen and oxygen atoms in total. The quantitative estimate of drug-likeness (QED) is 0.785. The summed E-state index contributed by atoms with van der Waals surface area (Å²) in [6.07, 6.45) is 0. The predicted octanol–water partition coefficient (Wildman–Crippen LogP) is 1.72. The van der Waals surface area contributed by atoms with E-state index in [2.05, 4.69) is 15.5 Å². The van der Waals surface area contributed by atoms with Gasteiger partial charge < -0.3 is 5.32 Å². The van der Waals surface area contributed by atoms with Crippen LogP contribution >= 0.6 is 0 Å². The summed E-state index contributed by atoms with van der Waals surface area (Å²) < 4.78 is 2.91. The number of hydrogen-bond acceptors (Lipinski definition) is 4. The molecule has 0 fully saturated rings. The van der Waals surface area contributed by atoms with Gasteiger partial charge >= 0.3 is 0 Å². The molecule has 130 valence electrons. The van der Waals surface area contributed by atoms with Gasteiger partial charge in [0.05, 0.1) is 22.5 Å². The fourth-order valence-corrected chi connectivity index (χ4v) is 2.92. The summed E-state index contributed by atoms with van der Waals surface area (Å²) in [5.74, 6) is -0.248. The Morgan fingerprint density at radius 2 is 1.84 bits per heavy atom. The van der Waals surface area contributed by atoms with Crippen LogP contribution in [0.2, 0.25) is 0 Å². The Hall–Kier alpha value is -2.96. The zero-order valence-corrected chi connectivity index (χ0v) is 14.8. The molecule has 7 heteroatoms. The van der Waals surface area contributed by atoms with Crippen molar-refractivity contribution < 1.29 is 4.79 Å². The van der Waals surface area contributed by atoms with E-state index in [1.807, 2.05) is 58.0 Å². The number of rotatable bonds is 4. The van der Waals surface area contributed by atoms with Crippen molar-refractivity contribution in [1.29, 1.82) is 0 Å². The number of aryl methyl sites for hydroxylation is 2. The van der Waals surface area contributed by atoms with Crippen molar-refractivity contribution in [3.05, 3.63) is 52.1 Å². The number of fused-ring (bicyclic) bond motifs is 1. The number of amides is 1. The lowest BCUT2D eigenvalue weighted by atomic mass is 10.2. The first-order valence-electron chi connectivity index (χ1n) is 8.20. The number of para-hydroxylation sites is 1. The van der Waals surface area contributed by atoms with E-state index in [0.29, 0.717) is 11.2 Å². The molecule has 25 heavy (non-hydrogen) atoms. The molecule has 3 aromatic rings. The van der Waals surface area contributed by atoms with Crippen LogP contribution in [0, 0.1) is 13.8 Å². The van der Waals surface area contributed by atoms with Crippen molar-refractivity contribution in [1.82, 2.24) is 24.9 Å². The van der Waals surface area contributed by atoms with Gasteiger partial charge in [-0.3, -0.25) is 9.59 Å². The maximum atomic E-state index is 12.7. The van der Waals surface area contributed by atoms with Crippen LogP contribution in [0.25, 0.3) is 16.6 Å². The first kappa shape index (κ1) is 16.9. The summed E-state index contributed by atoms with van der Waals surface area (Å²) in [6, 6.07) is 9.62. The number of nitrogens with one attached hydrogen (secondary N) is 1. The average molecular weight is 339 g/mol. The molecule has 2 aromatic heterocycles. The lowest BCUT2D eigenvalue weighted by Gasteiger charge is -2.09. The summed E-state index contributed by atoms with van der Waals surface area (Å²) in [7, 11) is 0. The van der Waals surface area contributed by atoms with E-state index in [4.69, 9.17) is 0 Å². The summed E-state index contributed by atoms with van der Waals surface area (Å²) in [4.78, 5) is 24.7. The molecule has 1 aromatic carbocycles. The average Bonchev–Trinajstić information content (AvgIpc) is 2.90. The van der Waals surface area contributed by atoms with Gasteiger partial charge in [-0.25, -0.2) is 9.36 Å². The Bertz CT molecular complexity index is 986. The van der Waals surface area contributed by atoms with Crippen molar-refractivity contribution >= 4 is 16.8 Å². The molecule has 1 amide bonds. The highest BCUT2D eigenvalue weighted by molar-refractivity contribution is 5.83. The molecule has 3 rings (SSSR count). The Labute approximate surface area is 145 Å². The largest absolute Gasteiger partial charge is 0.352 e. The molecule has 0 unspecified atom stereocenters. The normalized spacial score (nSPS) is 11.2. The summed E-state index contributed by atoms with van der Waals surface area (Å²) in [5.41, 5.74) is 2.36. The highest BCUT2D eigenvalue weighted by atomic mass is 16.2. The van der Waals surface area contributed by atoms with E-state index in [-0.39, 0.29) is 24.1 Å². The van der Waals surface area contributed by atoms with E-state index >= 15 is 0 Å². The highest BCUT2D eigenvalue weighted by Gasteiger charge is 2.18. The minimum Gasteiger partial charge on any atom is -0.352 e. The number of aromatic nitrogens is 4. The molecule has 0 saturated carbocycles. The highest BCUT2D eigenvalue weighted by Crippen LogP contribution is 2.20. The first-order valence-corrected chi connectivity index (χ1v) is 8.20. The Kier molecular flexibility index (Phi) is 4.39. The lowest BCUT2D eigenvalue weighted by Crippen LogP contribution is -2.37. The smallest absolute Gasteiger partial charge is 0.295 e. The minimum absolute atomic E-state index is 0.00700. The predicted molar refractivity (Wildman–Crippen MR) is 95.9 cm³/mol. The van der Waals surface area contributed by atoms with Gasteiger partial charge in [-0.2, -0.15) is 10.2 Å². The van der Waals surface area contributed by atoms with Crippen molar-refractivity contribution in [3.8, 4) is 5.69 Å². The zero-order chi connectivity index (χ0) is 18.1. The van der Waals surface area contributed by atoms with Gasteiger partial charge in [-0.15, -0.1) is 0 Å². The van der Waals surface area contributed by atoms with Crippen LogP contribution in [-0.2, 0) is 11.3 Å². The topological polar surface area (TPSA) is 81.8 Å². The second kappa shape index (κ2) is 6.51. The third-order valence-corrected chi connectivity index (χ3v) is 3.93. The van der Waals surface area contributed by atoms with Gasteiger partial charge in [0.25, 0.3) is 5.56 Å². The van der Waals surface area contributed by atoms with Crippen LogP contribution in [0.4, 0.5) is 0 Å². The van der Waals surface area contributed by atoms with Crippen LogP contribution in [0.1, 0.15) is 25.2 Å². The summed E-state index contributed by atoms with van der Waals surface area (Å²) in [6.45, 7) is 7.35. The van der Waals surface area contributed by atoms with Crippen LogP contribution in [0.15, 0.2) is 35.1 Å². The van der Waals surface area contributed by atoms with Crippen LogP contribution in [0.5, 0.6) is 0 Å². The molecule has 0 spiro atoms. The fraction of sp³-hybridized carbons (Fsp3) is 0.333. The van der Waals surface area contributed by atoms with Crippen molar-refractivity contribution in [2.45, 2.75) is 40.3 Å². The molecular weight excluding hydrogens is 318 g/mol. The van der Waals surface area contributed by atoms with E-state index in [1.54, 1.807) is 4.68 Å². The molecule has 1 N–H and O–H groups in total. The first-order chi connectivity index (χ1) is 11.9. The van der Waals surface area contributed by atoms with Crippen LogP contribution in [-0.4, -0.2) is 31.5 Å². The molecule has 0 saturated heterocycles. The standard InChI is InChI=1S/C18H21N5O2/c1-11(2)19-15(24)10-22-18(25)17-16(12(3)20-22)13(4)23(21-17)14-8-6-5-7-9-14/h5-9,11H,10H2,1-4H3,(H,19,24).